The molecule has 22 heavy (non-hydrogen) atoms. The summed E-state index contributed by atoms with van der Waals surface area (Å²) in [4.78, 5) is 14.9. The Labute approximate surface area is 140 Å². The first-order valence-electron chi connectivity index (χ1n) is 7.54. The molecular formula is C16H23BrN2O3. The van der Waals surface area contributed by atoms with Crippen molar-refractivity contribution in [3.63, 3.8) is 0 Å². The lowest BCUT2D eigenvalue weighted by molar-refractivity contribution is 0.0938. The molecule has 1 atom stereocenters. The third-order valence-electron chi connectivity index (χ3n) is 4.12. The summed E-state index contributed by atoms with van der Waals surface area (Å²) in [6.07, 6.45) is 2.34. The second-order valence-electron chi connectivity index (χ2n) is 5.32. The fourth-order valence-electron chi connectivity index (χ4n) is 2.89. The number of ether oxygens (including phenoxy) is 2. The summed E-state index contributed by atoms with van der Waals surface area (Å²) >= 11 is 3.41. The molecule has 2 rings (SSSR count). The molecule has 6 heteroatoms. The highest BCUT2D eigenvalue weighted by Crippen LogP contribution is 2.32. The maximum absolute atomic E-state index is 12.5. The number of methoxy groups -OCH3 is 2. The number of likely N-dealkylation sites (tertiary alicyclic amines) is 1. The van der Waals surface area contributed by atoms with Gasteiger partial charge in [0.1, 0.15) is 11.5 Å². The van der Waals surface area contributed by atoms with E-state index in [-0.39, 0.29) is 5.91 Å². The Kier molecular flexibility index (Phi) is 6.08. The van der Waals surface area contributed by atoms with Crippen molar-refractivity contribution in [3.05, 3.63) is 22.2 Å². The lowest BCUT2D eigenvalue weighted by Gasteiger charge is -2.23. The van der Waals surface area contributed by atoms with Crippen LogP contribution >= 0.6 is 15.9 Å². The Balaban J connectivity index is 2.07. The highest BCUT2D eigenvalue weighted by molar-refractivity contribution is 9.10. The fraction of sp³-hybridized carbons (Fsp3) is 0.562. The summed E-state index contributed by atoms with van der Waals surface area (Å²) in [7, 11) is 3.13. The molecule has 0 spiro atoms. The van der Waals surface area contributed by atoms with Gasteiger partial charge in [0.05, 0.1) is 24.3 Å². The molecular weight excluding hydrogens is 348 g/mol. The maximum Gasteiger partial charge on any atom is 0.255 e. The van der Waals surface area contributed by atoms with Gasteiger partial charge in [-0.15, -0.1) is 0 Å². The van der Waals surface area contributed by atoms with Crippen LogP contribution in [0.2, 0.25) is 0 Å². The van der Waals surface area contributed by atoms with Gasteiger partial charge in [0, 0.05) is 18.7 Å². The van der Waals surface area contributed by atoms with E-state index >= 15 is 0 Å². The van der Waals surface area contributed by atoms with Crippen LogP contribution in [0.4, 0.5) is 0 Å². The van der Waals surface area contributed by atoms with E-state index in [1.807, 2.05) is 0 Å². The molecule has 1 aromatic rings. The summed E-state index contributed by atoms with van der Waals surface area (Å²) in [6, 6.07) is 3.88. The van der Waals surface area contributed by atoms with Gasteiger partial charge in [0.25, 0.3) is 5.91 Å². The SMILES string of the molecule is CCN1CCC[C@H]1CNC(=O)c1cc(Br)c(OC)cc1OC. The highest BCUT2D eigenvalue weighted by Gasteiger charge is 2.24. The molecule has 1 aromatic carbocycles. The number of hydrogen-bond acceptors (Lipinski definition) is 4. The molecule has 0 saturated carbocycles. The number of nitrogens with one attached hydrogen (secondary N) is 1. The number of carbonyl (C=O) groups is 1. The Bertz CT molecular complexity index is 536. The molecule has 5 nitrogen and oxygen atoms in total. The number of amides is 1. The average Bonchev–Trinajstić information content (AvgIpc) is 2.99. The Morgan fingerprint density at radius 2 is 2.09 bits per heavy atom. The van der Waals surface area contributed by atoms with Gasteiger partial charge < -0.3 is 14.8 Å². The zero-order valence-electron chi connectivity index (χ0n) is 13.3. The fourth-order valence-corrected chi connectivity index (χ4v) is 3.39. The standard InChI is InChI=1S/C16H23BrN2O3/c1-4-19-7-5-6-11(19)10-18-16(20)12-8-13(17)15(22-3)9-14(12)21-2/h8-9,11H,4-7,10H2,1-3H3,(H,18,20)/t11-/m0/s1. The zero-order valence-corrected chi connectivity index (χ0v) is 14.9. The molecule has 0 unspecified atom stereocenters. The number of hydrogen-bond donors (Lipinski definition) is 1. The minimum Gasteiger partial charge on any atom is -0.496 e. The molecule has 122 valence electrons. The minimum absolute atomic E-state index is 0.122. The van der Waals surface area contributed by atoms with E-state index in [9.17, 15) is 4.79 Å². The number of halogens is 1. The molecule has 0 aromatic heterocycles. The van der Waals surface area contributed by atoms with Gasteiger partial charge in [-0.05, 0) is 47.9 Å². The second-order valence-corrected chi connectivity index (χ2v) is 6.18. The van der Waals surface area contributed by atoms with Crippen molar-refractivity contribution >= 4 is 21.8 Å². The predicted molar refractivity (Wildman–Crippen MR) is 89.8 cm³/mol. The van der Waals surface area contributed by atoms with Crippen LogP contribution in [-0.4, -0.2) is 50.7 Å². The molecule has 1 N–H and O–H groups in total. The molecule has 1 fully saturated rings. The normalized spacial score (nSPS) is 18.3. The van der Waals surface area contributed by atoms with Crippen molar-refractivity contribution in [2.75, 3.05) is 33.9 Å². The molecule has 0 radical (unpaired) electrons. The lowest BCUT2D eigenvalue weighted by Crippen LogP contribution is -2.40. The first-order valence-corrected chi connectivity index (χ1v) is 8.33. The van der Waals surface area contributed by atoms with Crippen molar-refractivity contribution in [1.29, 1.82) is 0 Å². The van der Waals surface area contributed by atoms with Crippen LogP contribution in [0, 0.1) is 0 Å². The van der Waals surface area contributed by atoms with Crippen LogP contribution < -0.4 is 14.8 Å². The van der Waals surface area contributed by atoms with Crippen molar-refractivity contribution in [2.45, 2.75) is 25.8 Å². The van der Waals surface area contributed by atoms with Crippen LogP contribution in [-0.2, 0) is 0 Å². The molecule has 1 aliphatic heterocycles. The molecule has 1 saturated heterocycles. The maximum atomic E-state index is 12.5. The number of nitrogens with zero attached hydrogens (tertiary/aromatic N) is 1. The van der Waals surface area contributed by atoms with Crippen molar-refractivity contribution < 1.29 is 14.3 Å². The molecule has 1 aliphatic rings. The van der Waals surface area contributed by atoms with Gasteiger partial charge in [-0.3, -0.25) is 9.69 Å². The van der Waals surface area contributed by atoms with E-state index in [1.54, 1.807) is 26.4 Å². The number of rotatable bonds is 6. The van der Waals surface area contributed by atoms with E-state index in [0.717, 1.165) is 24.0 Å². The molecule has 0 bridgehead atoms. The first kappa shape index (κ1) is 17.1. The van der Waals surface area contributed by atoms with Crippen molar-refractivity contribution in [2.24, 2.45) is 0 Å². The van der Waals surface area contributed by atoms with Gasteiger partial charge in [0.15, 0.2) is 0 Å². The number of carbonyl (C=O) groups excluding carboxylic acids is 1. The average molecular weight is 371 g/mol. The van der Waals surface area contributed by atoms with Gasteiger partial charge >= 0.3 is 0 Å². The van der Waals surface area contributed by atoms with Crippen LogP contribution in [0.5, 0.6) is 11.5 Å². The number of likely N-dealkylation sites (N-methyl/N-ethyl adjacent to an activating group) is 1. The smallest absolute Gasteiger partial charge is 0.255 e. The quantitative estimate of drug-likeness (QED) is 0.836. The van der Waals surface area contributed by atoms with E-state index < -0.39 is 0 Å². The minimum atomic E-state index is -0.122. The lowest BCUT2D eigenvalue weighted by atomic mass is 10.1. The third-order valence-corrected chi connectivity index (χ3v) is 4.74. The second kappa shape index (κ2) is 7.83. The third kappa shape index (κ3) is 3.73. The summed E-state index contributed by atoms with van der Waals surface area (Å²) in [5.41, 5.74) is 0.510. The van der Waals surface area contributed by atoms with E-state index in [0.29, 0.717) is 29.6 Å². The first-order chi connectivity index (χ1) is 10.6. The Hall–Kier alpha value is -1.27. The van der Waals surface area contributed by atoms with Gasteiger partial charge in [-0.25, -0.2) is 0 Å². The van der Waals surface area contributed by atoms with E-state index in [2.05, 4.69) is 33.1 Å². The number of benzene rings is 1. The topological polar surface area (TPSA) is 50.8 Å². The van der Waals surface area contributed by atoms with Gasteiger partial charge in [-0.1, -0.05) is 6.92 Å². The summed E-state index contributed by atoms with van der Waals surface area (Å²) in [5, 5.41) is 3.02. The van der Waals surface area contributed by atoms with Crippen LogP contribution in [0.25, 0.3) is 0 Å². The molecule has 1 amide bonds. The predicted octanol–water partition coefficient (Wildman–Crippen LogP) is 2.68. The van der Waals surface area contributed by atoms with Crippen LogP contribution in [0.1, 0.15) is 30.1 Å². The van der Waals surface area contributed by atoms with E-state index in [1.165, 1.54) is 6.42 Å². The summed E-state index contributed by atoms with van der Waals surface area (Å²) in [6.45, 7) is 4.97. The molecule has 1 heterocycles. The van der Waals surface area contributed by atoms with Crippen molar-refractivity contribution in [3.8, 4) is 11.5 Å². The monoisotopic (exact) mass is 370 g/mol. The summed E-state index contributed by atoms with van der Waals surface area (Å²) in [5.74, 6) is 1.03. The Morgan fingerprint density at radius 3 is 2.73 bits per heavy atom. The zero-order chi connectivity index (χ0) is 16.1. The van der Waals surface area contributed by atoms with E-state index in [4.69, 9.17) is 9.47 Å². The highest BCUT2D eigenvalue weighted by atomic mass is 79.9. The summed E-state index contributed by atoms with van der Waals surface area (Å²) < 4.78 is 11.3. The van der Waals surface area contributed by atoms with Crippen LogP contribution in [0.3, 0.4) is 0 Å². The van der Waals surface area contributed by atoms with Gasteiger partial charge in [-0.2, -0.15) is 0 Å². The largest absolute Gasteiger partial charge is 0.496 e. The van der Waals surface area contributed by atoms with Crippen LogP contribution in [0.15, 0.2) is 16.6 Å². The Morgan fingerprint density at radius 1 is 1.36 bits per heavy atom. The van der Waals surface area contributed by atoms with Gasteiger partial charge in [0.2, 0.25) is 0 Å². The van der Waals surface area contributed by atoms with Crippen molar-refractivity contribution in [1.82, 2.24) is 10.2 Å². The molecule has 0 aliphatic carbocycles.